The second kappa shape index (κ2) is 11.7. The molecule has 9 heteroatoms. The van der Waals surface area contributed by atoms with Crippen molar-refractivity contribution in [3.8, 4) is 0 Å². The van der Waals surface area contributed by atoms with E-state index >= 15 is 0 Å². The van der Waals surface area contributed by atoms with Gasteiger partial charge < -0.3 is 20.4 Å². The number of amides is 4. The average molecular weight is 550 g/mol. The summed E-state index contributed by atoms with van der Waals surface area (Å²) in [5, 5.41) is 6.35. The van der Waals surface area contributed by atoms with Gasteiger partial charge in [0, 0.05) is 46.4 Å². The second-order valence-corrected chi connectivity index (χ2v) is 9.97. The summed E-state index contributed by atoms with van der Waals surface area (Å²) < 4.78 is 0.799. The van der Waals surface area contributed by atoms with Crippen molar-refractivity contribution in [2.45, 2.75) is 39.3 Å². The SMILES string of the molecule is CC[C@H](C)[C@@H](NC(=O)c1cccc(Br)c1)C(=O)N1CCN(C(=O)Nc2cccc(Cl)c2)[C@@H](C)C1. The predicted octanol–water partition coefficient (Wildman–Crippen LogP) is 5.01. The van der Waals surface area contributed by atoms with E-state index in [0.717, 1.165) is 10.9 Å². The molecule has 0 aromatic heterocycles. The zero-order chi connectivity index (χ0) is 24.8. The molecule has 3 atom stereocenters. The summed E-state index contributed by atoms with van der Waals surface area (Å²) in [6, 6.07) is 13.0. The minimum Gasteiger partial charge on any atom is -0.340 e. The van der Waals surface area contributed by atoms with Crippen LogP contribution in [0.5, 0.6) is 0 Å². The minimum atomic E-state index is -0.643. The molecule has 0 saturated carbocycles. The molecule has 1 saturated heterocycles. The number of urea groups is 1. The molecule has 34 heavy (non-hydrogen) atoms. The number of halogens is 2. The Hall–Kier alpha value is -2.58. The van der Waals surface area contributed by atoms with Crippen molar-refractivity contribution >= 4 is 51.1 Å². The summed E-state index contributed by atoms with van der Waals surface area (Å²) >= 11 is 9.39. The Labute approximate surface area is 214 Å². The molecule has 7 nitrogen and oxygen atoms in total. The van der Waals surface area contributed by atoms with Crippen LogP contribution in [0.25, 0.3) is 0 Å². The third kappa shape index (κ3) is 6.51. The summed E-state index contributed by atoms with van der Waals surface area (Å²) in [5.41, 5.74) is 1.11. The average Bonchev–Trinajstić information content (AvgIpc) is 2.81. The number of anilines is 1. The van der Waals surface area contributed by atoms with Crippen molar-refractivity contribution in [3.63, 3.8) is 0 Å². The van der Waals surface area contributed by atoms with Gasteiger partial charge in [-0.1, -0.05) is 59.9 Å². The molecule has 4 amide bonds. The standard InChI is InChI=1S/C25H30BrClN4O3/c1-4-16(2)22(29-23(32)18-7-5-8-19(26)13-18)24(33)30-11-12-31(17(3)15-30)25(34)28-21-10-6-9-20(27)14-21/h5-10,13-14,16-17,22H,4,11-12,15H2,1-3H3,(H,28,34)(H,29,32)/t16-,17-,22+/m0/s1. The van der Waals surface area contributed by atoms with Crippen LogP contribution in [0.1, 0.15) is 37.6 Å². The van der Waals surface area contributed by atoms with Crippen LogP contribution >= 0.6 is 27.5 Å². The van der Waals surface area contributed by atoms with Crippen LogP contribution in [0.15, 0.2) is 53.0 Å². The number of hydrogen-bond donors (Lipinski definition) is 2. The van der Waals surface area contributed by atoms with Gasteiger partial charge in [0.2, 0.25) is 5.91 Å². The molecule has 0 bridgehead atoms. The molecular weight excluding hydrogens is 520 g/mol. The molecule has 0 radical (unpaired) electrons. The third-order valence-corrected chi connectivity index (χ3v) is 6.86. The van der Waals surface area contributed by atoms with Crippen molar-refractivity contribution in [1.82, 2.24) is 15.1 Å². The summed E-state index contributed by atoms with van der Waals surface area (Å²) in [6.07, 6.45) is 0.743. The topological polar surface area (TPSA) is 81.8 Å². The van der Waals surface area contributed by atoms with Crippen molar-refractivity contribution < 1.29 is 14.4 Å². The van der Waals surface area contributed by atoms with Crippen LogP contribution in [0.3, 0.4) is 0 Å². The van der Waals surface area contributed by atoms with Crippen LogP contribution in [-0.2, 0) is 4.79 Å². The molecule has 0 aliphatic carbocycles. The lowest BCUT2D eigenvalue weighted by Gasteiger charge is -2.41. The molecule has 1 fully saturated rings. The first-order valence-electron chi connectivity index (χ1n) is 11.4. The highest BCUT2D eigenvalue weighted by atomic mass is 79.9. The molecule has 2 N–H and O–H groups in total. The van der Waals surface area contributed by atoms with Crippen molar-refractivity contribution in [1.29, 1.82) is 0 Å². The smallest absolute Gasteiger partial charge is 0.322 e. The Balaban J connectivity index is 1.65. The molecular formula is C25H30BrClN4O3. The molecule has 0 unspecified atom stereocenters. The Morgan fingerprint density at radius 3 is 2.53 bits per heavy atom. The largest absolute Gasteiger partial charge is 0.340 e. The van der Waals surface area contributed by atoms with Gasteiger partial charge in [-0.05, 0) is 49.2 Å². The van der Waals surface area contributed by atoms with Gasteiger partial charge in [-0.25, -0.2) is 4.79 Å². The fourth-order valence-electron chi connectivity index (χ4n) is 3.96. The zero-order valence-corrected chi connectivity index (χ0v) is 21.9. The van der Waals surface area contributed by atoms with Gasteiger partial charge in [-0.2, -0.15) is 0 Å². The first-order chi connectivity index (χ1) is 16.2. The van der Waals surface area contributed by atoms with E-state index in [1.54, 1.807) is 52.3 Å². The van der Waals surface area contributed by atoms with Crippen LogP contribution in [0.4, 0.5) is 10.5 Å². The Bertz CT molecular complexity index is 1050. The molecule has 1 aliphatic heterocycles. The quantitative estimate of drug-likeness (QED) is 0.531. The first kappa shape index (κ1) is 26.0. The van der Waals surface area contributed by atoms with Crippen LogP contribution in [0, 0.1) is 5.92 Å². The van der Waals surface area contributed by atoms with E-state index in [1.807, 2.05) is 26.8 Å². The van der Waals surface area contributed by atoms with Gasteiger partial charge >= 0.3 is 6.03 Å². The minimum absolute atomic E-state index is 0.0388. The lowest BCUT2D eigenvalue weighted by atomic mass is 9.96. The molecule has 3 rings (SSSR count). The second-order valence-electron chi connectivity index (χ2n) is 8.61. The van der Waals surface area contributed by atoms with Gasteiger partial charge in [0.05, 0.1) is 0 Å². The number of nitrogens with one attached hydrogen (secondary N) is 2. The lowest BCUT2D eigenvalue weighted by Crippen LogP contribution is -2.60. The Morgan fingerprint density at radius 2 is 1.88 bits per heavy atom. The fraction of sp³-hybridized carbons (Fsp3) is 0.400. The van der Waals surface area contributed by atoms with Gasteiger partial charge in [0.25, 0.3) is 5.91 Å². The van der Waals surface area contributed by atoms with E-state index in [0.29, 0.717) is 35.9 Å². The van der Waals surface area contributed by atoms with Crippen LogP contribution in [-0.4, -0.2) is 59.4 Å². The van der Waals surface area contributed by atoms with E-state index < -0.39 is 6.04 Å². The van der Waals surface area contributed by atoms with Gasteiger partial charge in [0.1, 0.15) is 6.04 Å². The van der Waals surface area contributed by atoms with Gasteiger partial charge in [0.15, 0.2) is 0 Å². The maximum atomic E-state index is 13.5. The lowest BCUT2D eigenvalue weighted by molar-refractivity contribution is -0.136. The summed E-state index contributed by atoms with van der Waals surface area (Å²) in [5.74, 6) is -0.449. The molecule has 2 aromatic carbocycles. The highest BCUT2D eigenvalue weighted by Gasteiger charge is 2.35. The van der Waals surface area contributed by atoms with E-state index in [2.05, 4.69) is 26.6 Å². The summed E-state index contributed by atoms with van der Waals surface area (Å²) in [7, 11) is 0. The number of rotatable bonds is 6. The van der Waals surface area contributed by atoms with E-state index in [-0.39, 0.29) is 29.8 Å². The van der Waals surface area contributed by atoms with E-state index in [9.17, 15) is 14.4 Å². The fourth-order valence-corrected chi connectivity index (χ4v) is 4.54. The van der Waals surface area contributed by atoms with Crippen LogP contribution in [0.2, 0.25) is 5.02 Å². The molecule has 1 aliphatic rings. The normalized spacial score (nSPS) is 17.6. The highest BCUT2D eigenvalue weighted by molar-refractivity contribution is 9.10. The van der Waals surface area contributed by atoms with Gasteiger partial charge in [-0.15, -0.1) is 0 Å². The highest BCUT2D eigenvalue weighted by Crippen LogP contribution is 2.20. The van der Waals surface area contributed by atoms with Crippen LogP contribution < -0.4 is 10.6 Å². The monoisotopic (exact) mass is 548 g/mol. The number of carbonyl (C=O) groups is 3. The first-order valence-corrected chi connectivity index (χ1v) is 12.5. The van der Waals surface area contributed by atoms with Crippen molar-refractivity contribution in [2.24, 2.45) is 5.92 Å². The summed E-state index contributed by atoms with van der Waals surface area (Å²) in [6.45, 7) is 7.05. The van der Waals surface area contributed by atoms with Crippen molar-refractivity contribution in [3.05, 3.63) is 63.6 Å². The molecule has 0 spiro atoms. The number of carbonyl (C=O) groups excluding carboxylic acids is 3. The Kier molecular flexibility index (Phi) is 8.97. The zero-order valence-electron chi connectivity index (χ0n) is 19.6. The van der Waals surface area contributed by atoms with Gasteiger partial charge in [-0.3, -0.25) is 9.59 Å². The number of benzene rings is 2. The molecule has 2 aromatic rings. The maximum absolute atomic E-state index is 13.5. The third-order valence-electron chi connectivity index (χ3n) is 6.13. The predicted molar refractivity (Wildman–Crippen MR) is 138 cm³/mol. The number of nitrogens with zero attached hydrogens (tertiary/aromatic N) is 2. The number of hydrogen-bond acceptors (Lipinski definition) is 3. The maximum Gasteiger partial charge on any atom is 0.322 e. The summed E-state index contributed by atoms with van der Waals surface area (Å²) in [4.78, 5) is 42.5. The van der Waals surface area contributed by atoms with E-state index in [4.69, 9.17) is 11.6 Å². The number of piperazine rings is 1. The Morgan fingerprint density at radius 1 is 1.15 bits per heavy atom. The van der Waals surface area contributed by atoms with Crippen molar-refractivity contribution in [2.75, 3.05) is 25.0 Å². The molecule has 1 heterocycles. The molecule has 182 valence electrons. The van der Waals surface area contributed by atoms with E-state index in [1.165, 1.54) is 0 Å².